The molecular formula is C13H12ClFN2O2. The van der Waals surface area contributed by atoms with Gasteiger partial charge in [0.1, 0.15) is 11.9 Å². The molecule has 1 unspecified atom stereocenters. The van der Waals surface area contributed by atoms with Crippen LogP contribution in [0.4, 0.5) is 10.1 Å². The van der Waals surface area contributed by atoms with Crippen molar-refractivity contribution < 1.29 is 14.0 Å². The predicted molar refractivity (Wildman–Crippen MR) is 68.3 cm³/mol. The average molecular weight is 283 g/mol. The van der Waals surface area contributed by atoms with Crippen LogP contribution in [0, 0.1) is 5.82 Å². The van der Waals surface area contributed by atoms with Gasteiger partial charge >= 0.3 is 0 Å². The summed E-state index contributed by atoms with van der Waals surface area (Å²) in [6.07, 6.45) is 1.93. The third-order valence-corrected chi connectivity index (χ3v) is 3.65. The quantitative estimate of drug-likeness (QED) is 0.865. The zero-order valence-corrected chi connectivity index (χ0v) is 10.8. The number of anilines is 1. The minimum atomic E-state index is -0.574. The van der Waals surface area contributed by atoms with Crippen LogP contribution in [0.5, 0.6) is 0 Å². The largest absolute Gasteiger partial charge is 0.373 e. The van der Waals surface area contributed by atoms with Gasteiger partial charge in [0.05, 0.1) is 11.4 Å². The van der Waals surface area contributed by atoms with Crippen LogP contribution in [0.1, 0.15) is 19.3 Å². The summed E-state index contributed by atoms with van der Waals surface area (Å²) in [6.45, 7) is 0. The van der Waals surface area contributed by atoms with Gasteiger partial charge in [0.15, 0.2) is 0 Å². The molecule has 2 aliphatic rings. The number of hydrogen-bond donors (Lipinski definition) is 1. The zero-order valence-electron chi connectivity index (χ0n) is 10.0. The fraction of sp³-hybridized carbons (Fsp3) is 0.385. The van der Waals surface area contributed by atoms with Crippen molar-refractivity contribution in [1.82, 2.24) is 4.90 Å². The fourth-order valence-corrected chi connectivity index (χ4v) is 2.45. The van der Waals surface area contributed by atoms with E-state index < -0.39 is 11.9 Å². The van der Waals surface area contributed by atoms with Crippen molar-refractivity contribution in [1.29, 1.82) is 0 Å². The number of benzene rings is 1. The van der Waals surface area contributed by atoms with E-state index in [0.717, 1.165) is 12.8 Å². The topological polar surface area (TPSA) is 49.4 Å². The molecule has 4 nitrogen and oxygen atoms in total. The van der Waals surface area contributed by atoms with E-state index in [0.29, 0.717) is 5.69 Å². The summed E-state index contributed by atoms with van der Waals surface area (Å²) >= 11 is 5.68. The maximum absolute atomic E-state index is 13.0. The Bertz CT molecular complexity index is 560. The number of carbonyl (C=O) groups excluding carboxylic acids is 2. The Balaban J connectivity index is 1.74. The monoisotopic (exact) mass is 282 g/mol. The summed E-state index contributed by atoms with van der Waals surface area (Å²) in [7, 11) is 0. The number of likely N-dealkylation sites (tertiary alicyclic amines) is 1. The number of carbonyl (C=O) groups is 2. The molecule has 0 aromatic heterocycles. The first-order valence-electron chi connectivity index (χ1n) is 6.14. The van der Waals surface area contributed by atoms with Crippen molar-refractivity contribution in [3.63, 3.8) is 0 Å². The molecule has 1 aliphatic heterocycles. The van der Waals surface area contributed by atoms with Crippen LogP contribution < -0.4 is 5.32 Å². The fourth-order valence-electron chi connectivity index (χ4n) is 2.27. The summed E-state index contributed by atoms with van der Waals surface area (Å²) < 4.78 is 13.0. The second kappa shape index (κ2) is 4.49. The molecule has 0 spiro atoms. The second-order valence-electron chi connectivity index (χ2n) is 4.86. The second-order valence-corrected chi connectivity index (χ2v) is 5.27. The molecule has 1 N–H and O–H groups in total. The Morgan fingerprint density at radius 1 is 1.32 bits per heavy atom. The summed E-state index contributed by atoms with van der Waals surface area (Å²) in [5, 5.41) is 2.93. The Morgan fingerprint density at radius 3 is 2.68 bits per heavy atom. The highest BCUT2D eigenvalue weighted by molar-refractivity contribution is 6.31. The number of imide groups is 1. The number of halogens is 2. The Kier molecular flexibility index (Phi) is 2.93. The third kappa shape index (κ3) is 2.30. The van der Waals surface area contributed by atoms with Crippen LogP contribution in [0.3, 0.4) is 0 Å². The molecule has 100 valence electrons. The van der Waals surface area contributed by atoms with E-state index in [1.807, 2.05) is 0 Å². The first-order chi connectivity index (χ1) is 9.06. The maximum atomic E-state index is 13.0. The molecule has 1 aromatic rings. The minimum Gasteiger partial charge on any atom is -0.373 e. The van der Waals surface area contributed by atoms with Gasteiger partial charge in [-0.1, -0.05) is 11.6 Å². The first-order valence-corrected chi connectivity index (χ1v) is 6.51. The van der Waals surface area contributed by atoms with Crippen molar-refractivity contribution in [2.45, 2.75) is 31.3 Å². The first kappa shape index (κ1) is 12.4. The van der Waals surface area contributed by atoms with Gasteiger partial charge in [0.25, 0.3) is 5.91 Å². The van der Waals surface area contributed by atoms with Gasteiger partial charge in [-0.3, -0.25) is 14.5 Å². The van der Waals surface area contributed by atoms with Gasteiger partial charge in [-0.2, -0.15) is 0 Å². The van der Waals surface area contributed by atoms with Crippen molar-refractivity contribution in [3.8, 4) is 0 Å². The Morgan fingerprint density at radius 2 is 2.05 bits per heavy atom. The van der Waals surface area contributed by atoms with E-state index in [-0.39, 0.29) is 29.3 Å². The molecule has 6 heteroatoms. The molecule has 19 heavy (non-hydrogen) atoms. The van der Waals surface area contributed by atoms with Crippen LogP contribution in [0.2, 0.25) is 5.02 Å². The van der Waals surface area contributed by atoms with Gasteiger partial charge in [-0.15, -0.1) is 0 Å². The molecule has 1 saturated heterocycles. The van der Waals surface area contributed by atoms with Crippen LogP contribution in [0.25, 0.3) is 0 Å². The van der Waals surface area contributed by atoms with Gasteiger partial charge in [-0.25, -0.2) is 4.39 Å². The lowest BCUT2D eigenvalue weighted by Gasteiger charge is -2.15. The van der Waals surface area contributed by atoms with Gasteiger partial charge < -0.3 is 5.32 Å². The Labute approximate surface area is 114 Å². The summed E-state index contributed by atoms with van der Waals surface area (Å²) in [6, 6.07) is 3.65. The highest BCUT2D eigenvalue weighted by Crippen LogP contribution is 2.32. The number of rotatable bonds is 3. The number of nitrogens with one attached hydrogen (secondary N) is 1. The standard InChI is InChI=1S/C13H12ClFN2O2/c14-9-5-7(1-4-10(9)15)16-11-6-12(18)17(13(11)19)8-2-3-8/h1,4-5,8,11,16H,2-3,6H2. The molecule has 1 aliphatic carbocycles. The maximum Gasteiger partial charge on any atom is 0.252 e. The molecule has 1 aromatic carbocycles. The smallest absolute Gasteiger partial charge is 0.252 e. The molecule has 1 atom stereocenters. The lowest BCUT2D eigenvalue weighted by atomic mass is 10.2. The van der Waals surface area contributed by atoms with E-state index >= 15 is 0 Å². The van der Waals surface area contributed by atoms with Crippen molar-refractivity contribution in [2.24, 2.45) is 0 Å². The third-order valence-electron chi connectivity index (χ3n) is 3.36. The molecule has 2 amide bonds. The normalized spacial score (nSPS) is 23.1. The Hall–Kier alpha value is -1.62. The van der Waals surface area contributed by atoms with Crippen molar-refractivity contribution >= 4 is 29.1 Å². The van der Waals surface area contributed by atoms with E-state index in [1.165, 1.54) is 23.1 Å². The van der Waals surface area contributed by atoms with Crippen LogP contribution in [0.15, 0.2) is 18.2 Å². The van der Waals surface area contributed by atoms with Crippen LogP contribution in [-0.4, -0.2) is 28.8 Å². The molecule has 0 radical (unpaired) electrons. The highest BCUT2D eigenvalue weighted by Gasteiger charge is 2.46. The van der Waals surface area contributed by atoms with Crippen molar-refractivity contribution in [3.05, 3.63) is 29.0 Å². The lowest BCUT2D eigenvalue weighted by molar-refractivity contribution is -0.139. The predicted octanol–water partition coefficient (Wildman–Crippen LogP) is 2.18. The average Bonchev–Trinajstić information content (AvgIpc) is 3.13. The highest BCUT2D eigenvalue weighted by atomic mass is 35.5. The molecular weight excluding hydrogens is 271 g/mol. The van der Waals surface area contributed by atoms with Crippen LogP contribution >= 0.6 is 11.6 Å². The van der Waals surface area contributed by atoms with E-state index in [9.17, 15) is 14.0 Å². The van der Waals surface area contributed by atoms with E-state index in [2.05, 4.69) is 5.32 Å². The van der Waals surface area contributed by atoms with E-state index in [1.54, 1.807) is 0 Å². The van der Waals surface area contributed by atoms with Gasteiger partial charge in [0, 0.05) is 11.7 Å². The van der Waals surface area contributed by atoms with Gasteiger partial charge in [0.2, 0.25) is 5.91 Å². The molecule has 3 rings (SSSR count). The summed E-state index contributed by atoms with van der Waals surface area (Å²) in [4.78, 5) is 25.2. The lowest BCUT2D eigenvalue weighted by Crippen LogP contribution is -2.36. The molecule has 2 fully saturated rings. The van der Waals surface area contributed by atoms with E-state index in [4.69, 9.17) is 11.6 Å². The minimum absolute atomic E-state index is 0.0131. The zero-order chi connectivity index (χ0) is 13.6. The summed E-state index contributed by atoms with van der Waals surface area (Å²) in [5.74, 6) is -0.855. The number of amides is 2. The molecule has 1 heterocycles. The van der Waals surface area contributed by atoms with Crippen LogP contribution in [-0.2, 0) is 9.59 Å². The number of hydrogen-bond acceptors (Lipinski definition) is 3. The summed E-state index contributed by atoms with van der Waals surface area (Å²) in [5.41, 5.74) is 0.537. The SMILES string of the molecule is O=C1CC(Nc2ccc(F)c(Cl)c2)C(=O)N1C1CC1. The van der Waals surface area contributed by atoms with Crippen molar-refractivity contribution in [2.75, 3.05) is 5.32 Å². The van der Waals surface area contributed by atoms with Gasteiger partial charge in [-0.05, 0) is 31.0 Å². The number of nitrogens with zero attached hydrogens (tertiary/aromatic N) is 1. The molecule has 0 bridgehead atoms. The molecule has 1 saturated carbocycles.